The lowest BCUT2D eigenvalue weighted by atomic mass is 9.92. The van der Waals surface area contributed by atoms with Crippen LogP contribution in [0, 0.1) is 5.82 Å². The number of nitrogens with one attached hydrogen (secondary N) is 1. The number of carbonyl (C=O) groups is 2. The molecule has 2 heterocycles. The lowest BCUT2D eigenvalue weighted by Crippen LogP contribution is -2.40. The van der Waals surface area contributed by atoms with E-state index in [1.54, 1.807) is 18.2 Å². The van der Waals surface area contributed by atoms with Crippen LogP contribution in [-0.2, 0) is 14.3 Å². The van der Waals surface area contributed by atoms with Gasteiger partial charge in [-0.15, -0.1) is 0 Å². The van der Waals surface area contributed by atoms with Crippen molar-refractivity contribution in [1.29, 1.82) is 0 Å². The maximum absolute atomic E-state index is 15.0. The summed E-state index contributed by atoms with van der Waals surface area (Å²) in [5.41, 5.74) is 1.94. The Kier molecular flexibility index (Phi) is 6.98. The standard InChI is InChI=1S/C24H28FN3O3S/c1-3-19-21(23(30)31-2)22(17-11-7-8-12-18(17)25)28-16(14-32-24(28)27-19)13-20(29)26-15-9-5-4-6-10-15/h7-8,11-12,14-15,22H,3-6,9-10,13H2,1-2H3,(H,26,29)/t22-/m0/s1. The predicted molar refractivity (Wildman–Crippen MR) is 123 cm³/mol. The van der Waals surface area contributed by atoms with E-state index in [-0.39, 0.29) is 18.4 Å². The number of esters is 1. The Balaban J connectivity index is 1.67. The van der Waals surface area contributed by atoms with Crippen LogP contribution >= 0.6 is 11.8 Å². The highest BCUT2D eigenvalue weighted by molar-refractivity contribution is 8.16. The summed E-state index contributed by atoms with van der Waals surface area (Å²) in [7, 11) is 1.31. The zero-order valence-corrected chi connectivity index (χ0v) is 19.2. The van der Waals surface area contributed by atoms with Gasteiger partial charge in [0.25, 0.3) is 0 Å². The Morgan fingerprint density at radius 1 is 1.25 bits per heavy atom. The molecule has 0 spiro atoms. The van der Waals surface area contributed by atoms with Crippen LogP contribution in [0.3, 0.4) is 0 Å². The molecule has 1 aromatic rings. The molecule has 1 saturated carbocycles. The molecule has 0 aromatic heterocycles. The number of carbonyl (C=O) groups excluding carboxylic acids is 2. The largest absolute Gasteiger partial charge is 0.466 e. The Bertz CT molecular complexity index is 998. The van der Waals surface area contributed by atoms with Crippen LogP contribution in [-0.4, -0.2) is 35.1 Å². The van der Waals surface area contributed by atoms with Crippen LogP contribution in [0.5, 0.6) is 0 Å². The first-order chi connectivity index (χ1) is 15.5. The van der Waals surface area contributed by atoms with Crippen molar-refractivity contribution < 1.29 is 18.7 Å². The molecule has 6 nitrogen and oxygen atoms in total. The second-order valence-electron chi connectivity index (χ2n) is 8.20. The lowest BCUT2D eigenvalue weighted by Gasteiger charge is -2.36. The molecule has 170 valence electrons. The van der Waals surface area contributed by atoms with Gasteiger partial charge in [0.2, 0.25) is 5.91 Å². The zero-order chi connectivity index (χ0) is 22.7. The average molecular weight is 458 g/mol. The predicted octanol–water partition coefficient (Wildman–Crippen LogP) is 4.80. The van der Waals surface area contributed by atoms with E-state index in [2.05, 4.69) is 10.3 Å². The average Bonchev–Trinajstić information content (AvgIpc) is 3.20. The molecule has 32 heavy (non-hydrogen) atoms. The molecule has 8 heteroatoms. The number of aliphatic imine (C=N–C) groups is 1. The smallest absolute Gasteiger partial charge is 0.338 e. The topological polar surface area (TPSA) is 71.0 Å². The van der Waals surface area contributed by atoms with Gasteiger partial charge in [0, 0.05) is 17.3 Å². The minimum absolute atomic E-state index is 0.0674. The third-order valence-electron chi connectivity index (χ3n) is 6.14. The Hall–Kier alpha value is -2.61. The van der Waals surface area contributed by atoms with E-state index < -0.39 is 17.8 Å². The number of fused-ring (bicyclic) bond motifs is 1. The van der Waals surface area contributed by atoms with Crippen molar-refractivity contribution >= 4 is 28.8 Å². The van der Waals surface area contributed by atoms with Crippen molar-refractivity contribution in [2.45, 2.75) is 64.0 Å². The highest BCUT2D eigenvalue weighted by atomic mass is 32.2. The molecule has 0 radical (unpaired) electrons. The fourth-order valence-electron chi connectivity index (χ4n) is 4.59. The van der Waals surface area contributed by atoms with Gasteiger partial charge in [0.05, 0.1) is 30.8 Å². The van der Waals surface area contributed by atoms with Crippen molar-refractivity contribution in [2.75, 3.05) is 7.11 Å². The zero-order valence-electron chi connectivity index (χ0n) is 18.4. The molecule has 1 amide bonds. The molecule has 0 unspecified atom stereocenters. The van der Waals surface area contributed by atoms with E-state index >= 15 is 0 Å². The maximum atomic E-state index is 15.0. The van der Waals surface area contributed by atoms with Crippen LogP contribution in [0.15, 0.2) is 51.6 Å². The molecule has 3 aliphatic rings. The molecule has 0 bridgehead atoms. The first-order valence-electron chi connectivity index (χ1n) is 11.1. The summed E-state index contributed by atoms with van der Waals surface area (Å²) in [6.45, 7) is 1.90. The molecule has 0 saturated heterocycles. The monoisotopic (exact) mass is 457 g/mol. The van der Waals surface area contributed by atoms with Crippen molar-refractivity contribution in [3.05, 3.63) is 58.0 Å². The van der Waals surface area contributed by atoms with E-state index in [1.165, 1.54) is 31.4 Å². The Morgan fingerprint density at radius 3 is 2.69 bits per heavy atom. The number of methoxy groups -OCH3 is 1. The molecule has 2 aliphatic heterocycles. The number of rotatable bonds is 6. The number of amides is 1. The van der Waals surface area contributed by atoms with Crippen molar-refractivity contribution in [3.8, 4) is 0 Å². The number of nitrogens with zero attached hydrogens (tertiary/aromatic N) is 2. The number of ether oxygens (including phenoxy) is 1. The van der Waals surface area contributed by atoms with E-state index in [0.717, 1.165) is 25.7 Å². The third-order valence-corrected chi connectivity index (χ3v) is 7.03. The Morgan fingerprint density at radius 2 is 2.00 bits per heavy atom. The summed E-state index contributed by atoms with van der Waals surface area (Å²) in [6.07, 6.45) is 6.14. The van der Waals surface area contributed by atoms with E-state index in [1.807, 2.05) is 17.2 Å². The second-order valence-corrected chi connectivity index (χ2v) is 9.04. The molecule has 1 fully saturated rings. The van der Waals surface area contributed by atoms with Gasteiger partial charge in [-0.2, -0.15) is 0 Å². The molecule has 1 aliphatic carbocycles. The maximum Gasteiger partial charge on any atom is 0.338 e. The first-order valence-corrected chi connectivity index (χ1v) is 12.0. The second kappa shape index (κ2) is 9.90. The van der Waals surface area contributed by atoms with E-state index in [4.69, 9.17) is 4.74 Å². The fourth-order valence-corrected chi connectivity index (χ4v) is 5.53. The van der Waals surface area contributed by atoms with Crippen molar-refractivity contribution in [2.24, 2.45) is 4.99 Å². The summed E-state index contributed by atoms with van der Waals surface area (Å²) >= 11 is 1.39. The van der Waals surface area contributed by atoms with Crippen LogP contribution in [0.25, 0.3) is 0 Å². The number of hydrogen-bond acceptors (Lipinski definition) is 6. The number of thioether (sulfide) groups is 1. The summed E-state index contributed by atoms with van der Waals surface area (Å²) in [6, 6.07) is 5.87. The minimum atomic E-state index is -0.741. The van der Waals surface area contributed by atoms with Gasteiger partial charge in [-0.05, 0) is 30.7 Å². The van der Waals surface area contributed by atoms with E-state index in [0.29, 0.717) is 34.1 Å². The van der Waals surface area contributed by atoms with Crippen LogP contribution in [0.4, 0.5) is 4.39 Å². The molecule has 1 atom stereocenters. The number of benzene rings is 1. The van der Waals surface area contributed by atoms with Gasteiger partial charge in [-0.1, -0.05) is 56.1 Å². The van der Waals surface area contributed by atoms with Gasteiger partial charge in [0.15, 0.2) is 5.17 Å². The molecular weight excluding hydrogens is 429 g/mol. The SMILES string of the molecule is CCC1=C(C(=O)OC)[C@H](c2ccccc2F)N2C(CC(=O)NC3CCCCC3)=CSC2=N1. The number of allylic oxidation sites excluding steroid dienone is 1. The Labute approximate surface area is 192 Å². The highest BCUT2D eigenvalue weighted by Gasteiger charge is 2.42. The summed E-state index contributed by atoms with van der Waals surface area (Å²) in [4.78, 5) is 32.1. The fraction of sp³-hybridized carbons (Fsp3) is 0.458. The minimum Gasteiger partial charge on any atom is -0.466 e. The van der Waals surface area contributed by atoms with Crippen molar-refractivity contribution in [3.63, 3.8) is 0 Å². The number of halogens is 1. The summed E-state index contributed by atoms with van der Waals surface area (Å²) in [5, 5.41) is 5.66. The molecular formula is C24H28FN3O3S. The third kappa shape index (κ3) is 4.46. The quantitative estimate of drug-likeness (QED) is 0.621. The van der Waals surface area contributed by atoms with Gasteiger partial charge in [-0.25, -0.2) is 14.2 Å². The summed E-state index contributed by atoms with van der Waals surface area (Å²) in [5.74, 6) is -1.03. The van der Waals surface area contributed by atoms with E-state index in [9.17, 15) is 14.0 Å². The highest BCUT2D eigenvalue weighted by Crippen LogP contribution is 2.45. The molecule has 4 rings (SSSR count). The lowest BCUT2D eigenvalue weighted by molar-refractivity contribution is -0.136. The van der Waals surface area contributed by atoms with Crippen LogP contribution in [0.1, 0.15) is 63.5 Å². The van der Waals surface area contributed by atoms with Crippen molar-refractivity contribution in [1.82, 2.24) is 10.2 Å². The van der Waals surface area contributed by atoms with Crippen LogP contribution in [0.2, 0.25) is 0 Å². The van der Waals surface area contributed by atoms with Gasteiger partial charge >= 0.3 is 5.97 Å². The molecule has 1 aromatic carbocycles. The normalized spacial score (nSPS) is 21.1. The van der Waals surface area contributed by atoms with Gasteiger partial charge < -0.3 is 15.0 Å². The first kappa shape index (κ1) is 22.6. The number of hydrogen-bond donors (Lipinski definition) is 1. The summed E-state index contributed by atoms with van der Waals surface area (Å²) < 4.78 is 20.0. The van der Waals surface area contributed by atoms with Gasteiger partial charge in [-0.3, -0.25) is 4.79 Å². The molecule has 1 N–H and O–H groups in total. The van der Waals surface area contributed by atoms with Crippen LogP contribution < -0.4 is 5.32 Å². The number of amidine groups is 1. The van der Waals surface area contributed by atoms with Gasteiger partial charge in [0.1, 0.15) is 5.82 Å².